The molecule has 2 aromatic carbocycles. The summed E-state index contributed by atoms with van der Waals surface area (Å²) < 4.78 is 9.90. The SMILES string of the molecule is CC(C)C1CCCCC1.CC(C)CCc1ccccc1.COCCC(C)C.COc1ccc(C(C)C)cc1. The van der Waals surface area contributed by atoms with E-state index in [1.807, 2.05) is 12.1 Å². The molecular formula is C36H62O2. The fraction of sp³-hybridized carbons (Fsp3) is 0.667. The highest BCUT2D eigenvalue weighted by atomic mass is 16.5. The van der Waals surface area contributed by atoms with E-state index in [-0.39, 0.29) is 0 Å². The smallest absolute Gasteiger partial charge is 0.118 e. The average molecular weight is 527 g/mol. The van der Waals surface area contributed by atoms with E-state index in [0.29, 0.717) is 5.92 Å². The fourth-order valence-corrected chi connectivity index (χ4v) is 4.24. The largest absolute Gasteiger partial charge is 0.497 e. The lowest BCUT2D eigenvalue weighted by molar-refractivity contribution is 0.183. The van der Waals surface area contributed by atoms with Gasteiger partial charge in [-0.25, -0.2) is 0 Å². The molecule has 0 atom stereocenters. The van der Waals surface area contributed by atoms with Gasteiger partial charge in [-0.15, -0.1) is 0 Å². The molecule has 0 radical (unpaired) electrons. The Balaban J connectivity index is 0.000000488. The van der Waals surface area contributed by atoms with Crippen molar-refractivity contribution < 1.29 is 9.47 Å². The topological polar surface area (TPSA) is 18.5 Å². The van der Waals surface area contributed by atoms with Gasteiger partial charge in [-0.1, -0.05) is 130 Å². The molecule has 0 N–H and O–H groups in total. The second kappa shape index (κ2) is 23.1. The molecule has 3 rings (SSSR count). The molecule has 2 aromatic rings. The molecule has 0 amide bonds. The summed E-state index contributed by atoms with van der Waals surface area (Å²) in [5, 5.41) is 0. The van der Waals surface area contributed by atoms with Gasteiger partial charge in [0.2, 0.25) is 0 Å². The molecule has 0 aromatic heterocycles. The van der Waals surface area contributed by atoms with Crippen molar-refractivity contribution in [3.05, 3.63) is 65.7 Å². The van der Waals surface area contributed by atoms with Gasteiger partial charge in [0, 0.05) is 13.7 Å². The molecule has 0 heterocycles. The first-order valence-electron chi connectivity index (χ1n) is 15.3. The number of hydrogen-bond acceptors (Lipinski definition) is 2. The summed E-state index contributed by atoms with van der Waals surface area (Å²) in [6.07, 6.45) is 11.2. The first kappa shape index (κ1) is 36.2. The minimum atomic E-state index is 0.598. The maximum atomic E-state index is 5.05. The van der Waals surface area contributed by atoms with Gasteiger partial charge >= 0.3 is 0 Å². The number of aryl methyl sites for hydroxylation is 1. The van der Waals surface area contributed by atoms with Crippen LogP contribution in [-0.4, -0.2) is 20.8 Å². The van der Waals surface area contributed by atoms with E-state index in [0.717, 1.165) is 36.0 Å². The van der Waals surface area contributed by atoms with Crippen LogP contribution in [0.5, 0.6) is 5.75 Å². The van der Waals surface area contributed by atoms with Crippen LogP contribution in [0, 0.1) is 23.7 Å². The number of rotatable bonds is 9. The molecule has 1 fully saturated rings. The molecule has 1 aliphatic rings. The molecule has 2 heteroatoms. The normalized spacial score (nSPS) is 13.3. The lowest BCUT2D eigenvalue weighted by Crippen LogP contribution is -2.12. The van der Waals surface area contributed by atoms with Gasteiger partial charge < -0.3 is 9.47 Å². The number of methoxy groups -OCH3 is 2. The van der Waals surface area contributed by atoms with Crippen molar-refractivity contribution in [1.29, 1.82) is 0 Å². The zero-order valence-electron chi connectivity index (χ0n) is 26.8. The lowest BCUT2D eigenvalue weighted by atomic mass is 9.82. The number of ether oxygens (including phenoxy) is 2. The molecule has 0 saturated heterocycles. The van der Waals surface area contributed by atoms with E-state index in [9.17, 15) is 0 Å². The molecule has 218 valence electrons. The van der Waals surface area contributed by atoms with Gasteiger partial charge in [0.15, 0.2) is 0 Å². The quantitative estimate of drug-likeness (QED) is 0.323. The third-order valence-electron chi connectivity index (χ3n) is 7.13. The van der Waals surface area contributed by atoms with Gasteiger partial charge in [-0.3, -0.25) is 0 Å². The second-order valence-corrected chi connectivity index (χ2v) is 12.2. The Morgan fingerprint density at radius 3 is 1.61 bits per heavy atom. The van der Waals surface area contributed by atoms with E-state index in [1.165, 1.54) is 62.5 Å². The van der Waals surface area contributed by atoms with Crippen LogP contribution >= 0.6 is 0 Å². The second-order valence-electron chi connectivity index (χ2n) is 12.2. The van der Waals surface area contributed by atoms with E-state index < -0.39 is 0 Å². The summed E-state index contributed by atoms with van der Waals surface area (Å²) in [6, 6.07) is 18.9. The maximum absolute atomic E-state index is 5.05. The third kappa shape index (κ3) is 20.2. The fourth-order valence-electron chi connectivity index (χ4n) is 4.24. The summed E-state index contributed by atoms with van der Waals surface area (Å²) in [6.45, 7) is 18.9. The van der Waals surface area contributed by atoms with Crippen LogP contribution in [-0.2, 0) is 11.2 Å². The zero-order chi connectivity index (χ0) is 28.8. The highest BCUT2D eigenvalue weighted by Gasteiger charge is 2.15. The van der Waals surface area contributed by atoms with E-state index in [1.54, 1.807) is 14.2 Å². The minimum absolute atomic E-state index is 0.598. The summed E-state index contributed by atoms with van der Waals surface area (Å²) >= 11 is 0. The van der Waals surface area contributed by atoms with Crippen molar-refractivity contribution in [1.82, 2.24) is 0 Å². The Labute approximate surface area is 237 Å². The highest BCUT2D eigenvalue weighted by molar-refractivity contribution is 5.28. The van der Waals surface area contributed by atoms with Gasteiger partial charge in [0.05, 0.1) is 7.11 Å². The van der Waals surface area contributed by atoms with Crippen molar-refractivity contribution in [3.63, 3.8) is 0 Å². The Hall–Kier alpha value is -1.80. The van der Waals surface area contributed by atoms with Crippen molar-refractivity contribution in [3.8, 4) is 5.75 Å². The van der Waals surface area contributed by atoms with E-state index in [4.69, 9.17) is 9.47 Å². The number of benzene rings is 2. The maximum Gasteiger partial charge on any atom is 0.118 e. The molecule has 1 aliphatic carbocycles. The first-order valence-corrected chi connectivity index (χ1v) is 15.3. The molecule has 2 nitrogen and oxygen atoms in total. The van der Waals surface area contributed by atoms with Gasteiger partial charge in [-0.2, -0.15) is 0 Å². The van der Waals surface area contributed by atoms with Crippen molar-refractivity contribution in [2.75, 3.05) is 20.8 Å². The molecule has 0 unspecified atom stereocenters. The molecular weight excluding hydrogens is 464 g/mol. The van der Waals surface area contributed by atoms with Crippen molar-refractivity contribution in [2.45, 2.75) is 113 Å². The Kier molecular flexibility index (Phi) is 22.0. The van der Waals surface area contributed by atoms with Crippen molar-refractivity contribution in [2.24, 2.45) is 23.7 Å². The lowest BCUT2D eigenvalue weighted by Gasteiger charge is -2.24. The highest BCUT2D eigenvalue weighted by Crippen LogP contribution is 2.29. The van der Waals surface area contributed by atoms with Gasteiger partial charge in [0.1, 0.15) is 5.75 Å². The minimum Gasteiger partial charge on any atom is -0.497 e. The molecule has 0 bridgehead atoms. The predicted octanol–water partition coefficient (Wildman–Crippen LogP) is 11.0. The molecule has 38 heavy (non-hydrogen) atoms. The zero-order valence-corrected chi connectivity index (χ0v) is 26.8. The monoisotopic (exact) mass is 526 g/mol. The standard InChI is InChI=1S/C11H16.C10H14O.C9H18.C6H14O/c1-10(2)8-9-11-6-4-3-5-7-11;1-8(2)9-4-6-10(11-3)7-5-9;1-8(2)9-6-4-3-5-7-9;1-6(2)4-5-7-3/h3-7,10H,8-9H2,1-2H3;4-8H,1-3H3;8-9H,3-7H2,1-2H3;6H,4-5H2,1-3H3. The van der Waals surface area contributed by atoms with Crippen LogP contribution in [0.3, 0.4) is 0 Å². The van der Waals surface area contributed by atoms with E-state index >= 15 is 0 Å². The predicted molar refractivity (Wildman–Crippen MR) is 169 cm³/mol. The van der Waals surface area contributed by atoms with Crippen LogP contribution < -0.4 is 4.74 Å². The Morgan fingerprint density at radius 2 is 1.24 bits per heavy atom. The first-order chi connectivity index (χ1) is 18.1. The van der Waals surface area contributed by atoms with Crippen LogP contribution in [0.2, 0.25) is 0 Å². The van der Waals surface area contributed by atoms with Gasteiger partial charge in [-0.05, 0) is 72.1 Å². The summed E-state index contributed by atoms with van der Waals surface area (Å²) in [7, 11) is 3.42. The van der Waals surface area contributed by atoms with Crippen LogP contribution in [0.4, 0.5) is 0 Å². The summed E-state index contributed by atoms with van der Waals surface area (Å²) in [4.78, 5) is 0. The average Bonchev–Trinajstić information content (AvgIpc) is 2.93. The Morgan fingerprint density at radius 1 is 0.684 bits per heavy atom. The number of hydrogen-bond donors (Lipinski definition) is 0. The molecule has 0 spiro atoms. The molecule has 0 aliphatic heterocycles. The van der Waals surface area contributed by atoms with E-state index in [2.05, 4.69) is 97.9 Å². The Bertz CT molecular complexity index is 741. The van der Waals surface area contributed by atoms with Crippen molar-refractivity contribution >= 4 is 0 Å². The summed E-state index contributed by atoms with van der Waals surface area (Å²) in [5.74, 6) is 5.11. The summed E-state index contributed by atoms with van der Waals surface area (Å²) in [5.41, 5.74) is 2.81. The van der Waals surface area contributed by atoms with Crippen LogP contribution in [0.1, 0.15) is 117 Å². The molecule has 1 saturated carbocycles. The van der Waals surface area contributed by atoms with Crippen LogP contribution in [0.25, 0.3) is 0 Å². The third-order valence-corrected chi connectivity index (χ3v) is 7.13. The van der Waals surface area contributed by atoms with Gasteiger partial charge in [0.25, 0.3) is 0 Å². The van der Waals surface area contributed by atoms with Crippen LogP contribution in [0.15, 0.2) is 54.6 Å².